The van der Waals surface area contributed by atoms with Crippen LogP contribution in [0.4, 0.5) is 22.2 Å². The maximum Gasteiger partial charge on any atom is 0.410 e. The molecule has 2 aromatic rings. The summed E-state index contributed by atoms with van der Waals surface area (Å²) in [6.07, 6.45) is 4.25. The van der Waals surface area contributed by atoms with E-state index in [-0.39, 0.29) is 17.6 Å². The van der Waals surface area contributed by atoms with E-state index in [4.69, 9.17) is 10.00 Å². The second-order valence-electron chi connectivity index (χ2n) is 10.9. The van der Waals surface area contributed by atoms with Gasteiger partial charge in [0.25, 0.3) is 0 Å². The molecule has 1 fully saturated rings. The van der Waals surface area contributed by atoms with Gasteiger partial charge >= 0.3 is 6.09 Å². The summed E-state index contributed by atoms with van der Waals surface area (Å²) < 4.78 is 5.37. The van der Waals surface area contributed by atoms with Gasteiger partial charge in [0.15, 0.2) is 5.78 Å². The van der Waals surface area contributed by atoms with E-state index < -0.39 is 17.7 Å². The molecule has 2 N–H and O–H groups in total. The third-order valence-corrected chi connectivity index (χ3v) is 6.44. The number of likely N-dealkylation sites (N-methyl/N-ethyl adjacent to an activating group) is 1. The number of nitrogens with zero attached hydrogens (tertiary/aromatic N) is 4. The molecule has 0 spiro atoms. The van der Waals surface area contributed by atoms with Crippen LogP contribution in [0.15, 0.2) is 30.5 Å². The van der Waals surface area contributed by atoms with Crippen LogP contribution in [-0.2, 0) is 9.53 Å². The molecule has 1 aromatic carbocycles. The molecular weight excluding hydrogens is 492 g/mol. The van der Waals surface area contributed by atoms with E-state index in [0.717, 1.165) is 31.5 Å². The average molecular weight is 531 g/mol. The Kier molecular flexibility index (Phi) is 9.89. The standard InChI is InChI=1S/C30H38N6O3/c1-7-13-32-27-24(19-33-28(35-27)34-25-10-8-9-22(16-25)18-31)12-11-21-14-23(15-21)17-26(37)20(2)36(6)29(38)39-30(3,4)5/h8-10,16,19-21,23H,7,13-15,17H2,1-6H3,(H2,32,33,34,35)/t20-,21?,23?/m0/s1. The number of Topliss-reactive ketones (excluding diaryl/α,β-unsaturated/α-hetero) is 1. The lowest BCUT2D eigenvalue weighted by atomic mass is 9.72. The highest BCUT2D eigenvalue weighted by molar-refractivity contribution is 5.87. The van der Waals surface area contributed by atoms with Crippen molar-refractivity contribution >= 4 is 29.3 Å². The Balaban J connectivity index is 1.58. The van der Waals surface area contributed by atoms with Crippen LogP contribution >= 0.6 is 0 Å². The van der Waals surface area contributed by atoms with Gasteiger partial charge in [0.05, 0.1) is 29.4 Å². The fourth-order valence-electron chi connectivity index (χ4n) is 4.07. The molecule has 0 saturated heterocycles. The van der Waals surface area contributed by atoms with E-state index in [1.165, 1.54) is 4.90 Å². The fraction of sp³-hybridized carbons (Fsp3) is 0.500. The van der Waals surface area contributed by atoms with Crippen molar-refractivity contribution in [3.63, 3.8) is 0 Å². The zero-order valence-electron chi connectivity index (χ0n) is 23.7. The van der Waals surface area contributed by atoms with Gasteiger partial charge in [-0.25, -0.2) is 9.78 Å². The van der Waals surface area contributed by atoms with Gasteiger partial charge in [-0.2, -0.15) is 10.2 Å². The quantitative estimate of drug-likeness (QED) is 0.408. The summed E-state index contributed by atoms with van der Waals surface area (Å²) in [5, 5.41) is 15.6. The molecule has 206 valence electrons. The number of carbonyl (C=O) groups is 2. The summed E-state index contributed by atoms with van der Waals surface area (Å²) in [7, 11) is 1.60. The average Bonchev–Trinajstić information content (AvgIpc) is 2.87. The lowest BCUT2D eigenvalue weighted by molar-refractivity contribution is -0.125. The Morgan fingerprint density at radius 1 is 1.28 bits per heavy atom. The normalized spacial score (nSPS) is 16.9. The number of amides is 1. The molecule has 1 aromatic heterocycles. The highest BCUT2D eigenvalue weighted by Crippen LogP contribution is 2.36. The summed E-state index contributed by atoms with van der Waals surface area (Å²) in [6, 6.07) is 8.72. The number of ketones is 1. The van der Waals surface area contributed by atoms with Crippen molar-refractivity contribution in [3.8, 4) is 17.9 Å². The van der Waals surface area contributed by atoms with Crippen molar-refractivity contribution in [3.05, 3.63) is 41.6 Å². The van der Waals surface area contributed by atoms with E-state index in [1.807, 2.05) is 6.07 Å². The minimum absolute atomic E-state index is 0.0302. The first-order valence-corrected chi connectivity index (χ1v) is 13.4. The molecule has 1 atom stereocenters. The number of hydrogen-bond acceptors (Lipinski definition) is 8. The number of carbonyl (C=O) groups excluding carboxylic acids is 2. The molecule has 0 radical (unpaired) electrons. The van der Waals surface area contributed by atoms with Gasteiger partial charge in [-0.15, -0.1) is 0 Å². The predicted octanol–water partition coefficient (Wildman–Crippen LogP) is 5.51. The Labute approximate surface area is 231 Å². The molecule has 1 aliphatic carbocycles. The highest BCUT2D eigenvalue weighted by Gasteiger charge is 2.33. The van der Waals surface area contributed by atoms with Crippen molar-refractivity contribution in [1.29, 1.82) is 5.26 Å². The third-order valence-electron chi connectivity index (χ3n) is 6.44. The highest BCUT2D eigenvalue weighted by atomic mass is 16.6. The first-order valence-electron chi connectivity index (χ1n) is 13.4. The van der Waals surface area contributed by atoms with Crippen LogP contribution in [0.25, 0.3) is 0 Å². The summed E-state index contributed by atoms with van der Waals surface area (Å²) in [4.78, 5) is 35.4. The van der Waals surface area contributed by atoms with Crippen LogP contribution in [0, 0.1) is 35.0 Å². The van der Waals surface area contributed by atoms with Gasteiger partial charge in [0, 0.05) is 31.6 Å². The molecule has 1 saturated carbocycles. The van der Waals surface area contributed by atoms with Crippen LogP contribution in [0.5, 0.6) is 0 Å². The first kappa shape index (κ1) is 29.4. The molecule has 39 heavy (non-hydrogen) atoms. The van der Waals surface area contributed by atoms with Crippen LogP contribution < -0.4 is 10.6 Å². The van der Waals surface area contributed by atoms with E-state index in [1.54, 1.807) is 59.1 Å². The zero-order valence-corrected chi connectivity index (χ0v) is 23.7. The van der Waals surface area contributed by atoms with E-state index >= 15 is 0 Å². The first-order chi connectivity index (χ1) is 18.5. The summed E-state index contributed by atoms with van der Waals surface area (Å²) in [5.74, 6) is 8.10. The molecule has 1 aliphatic rings. The van der Waals surface area contributed by atoms with Crippen LogP contribution in [0.2, 0.25) is 0 Å². The lowest BCUT2D eigenvalue weighted by Gasteiger charge is -2.33. The second kappa shape index (κ2) is 13.1. The van der Waals surface area contributed by atoms with Gasteiger partial charge in [-0.1, -0.05) is 24.8 Å². The van der Waals surface area contributed by atoms with E-state index in [2.05, 4.69) is 45.4 Å². The molecule has 0 unspecified atom stereocenters. The minimum atomic E-state index is -0.605. The fourth-order valence-corrected chi connectivity index (χ4v) is 4.07. The summed E-state index contributed by atoms with van der Waals surface area (Å²) in [5.41, 5.74) is 1.39. The second-order valence-corrected chi connectivity index (χ2v) is 10.9. The smallest absolute Gasteiger partial charge is 0.410 e. The van der Waals surface area contributed by atoms with Crippen molar-refractivity contribution in [2.24, 2.45) is 11.8 Å². The molecule has 9 heteroatoms. The molecule has 0 aliphatic heterocycles. The molecule has 3 rings (SSSR count). The molecule has 9 nitrogen and oxygen atoms in total. The Bertz CT molecular complexity index is 1280. The Hall–Kier alpha value is -4.11. The Morgan fingerprint density at radius 3 is 2.69 bits per heavy atom. The van der Waals surface area contributed by atoms with Gasteiger partial charge in [0.2, 0.25) is 5.95 Å². The molecular formula is C30H38N6O3. The number of rotatable bonds is 9. The SMILES string of the molecule is CCCNc1nc(Nc2cccc(C#N)c2)ncc1C#CC1CC(CC(=O)[C@H](C)N(C)C(=O)OC(C)(C)C)C1. The number of hydrogen-bond donors (Lipinski definition) is 2. The van der Waals surface area contributed by atoms with Crippen LogP contribution in [-0.4, -0.2) is 52.0 Å². The number of nitrogens with one attached hydrogen (secondary N) is 2. The largest absolute Gasteiger partial charge is 0.444 e. The number of nitriles is 1. The van der Waals surface area contributed by atoms with Crippen molar-refractivity contribution in [2.45, 2.75) is 71.9 Å². The van der Waals surface area contributed by atoms with Crippen LogP contribution in [0.3, 0.4) is 0 Å². The number of ether oxygens (including phenoxy) is 1. The van der Waals surface area contributed by atoms with Gasteiger partial charge in [-0.05, 0) is 71.1 Å². The molecule has 1 heterocycles. The van der Waals surface area contributed by atoms with Crippen molar-refractivity contribution in [1.82, 2.24) is 14.9 Å². The third kappa shape index (κ3) is 8.71. The number of anilines is 3. The van der Waals surface area contributed by atoms with Crippen molar-refractivity contribution in [2.75, 3.05) is 24.2 Å². The van der Waals surface area contributed by atoms with Crippen LogP contribution in [0.1, 0.15) is 71.4 Å². The maximum absolute atomic E-state index is 12.8. The van der Waals surface area contributed by atoms with Gasteiger partial charge < -0.3 is 20.3 Å². The summed E-state index contributed by atoms with van der Waals surface area (Å²) >= 11 is 0. The van der Waals surface area contributed by atoms with E-state index in [0.29, 0.717) is 29.3 Å². The minimum Gasteiger partial charge on any atom is -0.444 e. The maximum atomic E-state index is 12.8. The van der Waals surface area contributed by atoms with Gasteiger partial charge in [0.1, 0.15) is 11.4 Å². The number of benzene rings is 1. The zero-order chi connectivity index (χ0) is 28.6. The predicted molar refractivity (Wildman–Crippen MR) is 151 cm³/mol. The summed E-state index contributed by atoms with van der Waals surface area (Å²) in [6.45, 7) is 9.98. The van der Waals surface area contributed by atoms with Crippen molar-refractivity contribution < 1.29 is 14.3 Å². The monoisotopic (exact) mass is 530 g/mol. The molecule has 1 amide bonds. The van der Waals surface area contributed by atoms with Gasteiger partial charge in [-0.3, -0.25) is 4.79 Å². The Morgan fingerprint density at radius 2 is 2.03 bits per heavy atom. The lowest BCUT2D eigenvalue weighted by Crippen LogP contribution is -2.44. The molecule has 0 bridgehead atoms. The number of aromatic nitrogens is 2. The topological polar surface area (TPSA) is 120 Å². The van der Waals surface area contributed by atoms with E-state index in [9.17, 15) is 9.59 Å².